The minimum Gasteiger partial charge on any atom is -0.395 e. The van der Waals surface area contributed by atoms with Crippen LogP contribution in [0.5, 0.6) is 0 Å². The van der Waals surface area contributed by atoms with E-state index in [2.05, 4.69) is 28.2 Å². The first-order chi connectivity index (χ1) is 10.3. The first kappa shape index (κ1) is 15.2. The number of hydrogen-bond acceptors (Lipinski definition) is 4. The summed E-state index contributed by atoms with van der Waals surface area (Å²) in [6, 6.07) is 5.76. The Hall–Kier alpha value is -2.16. The predicted molar refractivity (Wildman–Crippen MR) is 83.2 cm³/mol. The largest absolute Gasteiger partial charge is 0.395 e. The Bertz CT molecular complexity index is 642. The van der Waals surface area contributed by atoms with Crippen LogP contribution in [0.1, 0.15) is 27.2 Å². The van der Waals surface area contributed by atoms with E-state index in [1.54, 1.807) is 23.6 Å². The van der Waals surface area contributed by atoms with Gasteiger partial charge < -0.3 is 10.4 Å². The molecule has 0 spiro atoms. The van der Waals surface area contributed by atoms with Gasteiger partial charge in [0.2, 0.25) is 0 Å². The Labute approximate surface area is 127 Å². The normalized spacial score (nSPS) is 9.76. The van der Waals surface area contributed by atoms with E-state index < -0.39 is 0 Å². The SMILES string of the molecule is O=C(NCCc1cccs1)c1cncc(C#CCCO)c1. The average Bonchev–Trinajstić information content (AvgIpc) is 3.01. The molecule has 2 rings (SSSR count). The summed E-state index contributed by atoms with van der Waals surface area (Å²) >= 11 is 1.68. The van der Waals surface area contributed by atoms with Crippen LogP contribution in [0.2, 0.25) is 0 Å². The van der Waals surface area contributed by atoms with Crippen LogP contribution in [0.25, 0.3) is 0 Å². The van der Waals surface area contributed by atoms with Gasteiger partial charge in [0.15, 0.2) is 0 Å². The van der Waals surface area contributed by atoms with Crippen molar-refractivity contribution in [3.63, 3.8) is 0 Å². The molecule has 0 aliphatic heterocycles. The van der Waals surface area contributed by atoms with Gasteiger partial charge in [-0.15, -0.1) is 11.3 Å². The number of aliphatic hydroxyl groups is 1. The van der Waals surface area contributed by atoms with Gasteiger partial charge in [-0.05, 0) is 23.9 Å². The van der Waals surface area contributed by atoms with Crippen LogP contribution in [0.4, 0.5) is 0 Å². The standard InChI is InChI=1S/C16H16N2O2S/c19-8-2-1-4-13-10-14(12-17-11-13)16(20)18-7-6-15-5-3-9-21-15/h3,5,9-12,19H,2,6-8H2,(H,18,20). The van der Waals surface area contributed by atoms with Gasteiger partial charge in [-0.3, -0.25) is 9.78 Å². The van der Waals surface area contributed by atoms with Crippen molar-refractivity contribution in [1.82, 2.24) is 10.3 Å². The Balaban J connectivity index is 1.90. The number of amides is 1. The maximum atomic E-state index is 12.0. The number of thiophene rings is 1. The molecule has 0 fully saturated rings. The van der Waals surface area contributed by atoms with E-state index in [-0.39, 0.29) is 12.5 Å². The molecule has 0 aliphatic carbocycles. The maximum Gasteiger partial charge on any atom is 0.252 e. The van der Waals surface area contributed by atoms with Crippen LogP contribution < -0.4 is 5.32 Å². The minimum atomic E-state index is -0.148. The highest BCUT2D eigenvalue weighted by atomic mass is 32.1. The molecule has 0 radical (unpaired) electrons. The van der Waals surface area contributed by atoms with Crippen molar-refractivity contribution in [2.45, 2.75) is 12.8 Å². The monoisotopic (exact) mass is 300 g/mol. The molecule has 2 aromatic heterocycles. The molecule has 2 heterocycles. The van der Waals surface area contributed by atoms with E-state index in [1.807, 2.05) is 11.4 Å². The first-order valence-electron chi connectivity index (χ1n) is 6.65. The molecule has 0 aliphatic rings. The highest BCUT2D eigenvalue weighted by Gasteiger charge is 2.06. The van der Waals surface area contributed by atoms with Gasteiger partial charge >= 0.3 is 0 Å². The Morgan fingerprint density at radius 3 is 3.10 bits per heavy atom. The summed E-state index contributed by atoms with van der Waals surface area (Å²) in [6.07, 6.45) is 4.37. The molecule has 108 valence electrons. The number of rotatable bonds is 5. The maximum absolute atomic E-state index is 12.0. The molecule has 2 aromatic rings. The lowest BCUT2D eigenvalue weighted by atomic mass is 10.2. The fourth-order valence-electron chi connectivity index (χ4n) is 1.71. The lowest BCUT2D eigenvalue weighted by molar-refractivity contribution is 0.0954. The summed E-state index contributed by atoms with van der Waals surface area (Å²) in [7, 11) is 0. The molecule has 2 N–H and O–H groups in total. The quantitative estimate of drug-likeness (QED) is 0.828. The molecule has 4 nitrogen and oxygen atoms in total. The molecule has 0 aromatic carbocycles. The molecule has 0 bridgehead atoms. The van der Waals surface area contributed by atoms with E-state index in [0.717, 1.165) is 6.42 Å². The summed E-state index contributed by atoms with van der Waals surface area (Å²) in [4.78, 5) is 17.3. The Kier molecular flexibility index (Phi) is 5.95. The fraction of sp³-hybridized carbons (Fsp3) is 0.250. The van der Waals surface area contributed by atoms with Crippen molar-refractivity contribution in [2.75, 3.05) is 13.2 Å². The van der Waals surface area contributed by atoms with Crippen molar-refractivity contribution in [1.29, 1.82) is 0 Å². The lowest BCUT2D eigenvalue weighted by Gasteiger charge is -2.04. The zero-order valence-corrected chi connectivity index (χ0v) is 12.3. The van der Waals surface area contributed by atoms with Gasteiger partial charge in [-0.2, -0.15) is 0 Å². The van der Waals surface area contributed by atoms with Gasteiger partial charge in [0.25, 0.3) is 5.91 Å². The first-order valence-corrected chi connectivity index (χ1v) is 7.53. The third kappa shape index (κ3) is 5.03. The van der Waals surface area contributed by atoms with Gasteiger partial charge in [0.1, 0.15) is 0 Å². The molecule has 0 unspecified atom stereocenters. The Morgan fingerprint density at radius 1 is 1.43 bits per heavy atom. The van der Waals surface area contributed by atoms with Gasteiger partial charge in [-0.25, -0.2) is 0 Å². The predicted octanol–water partition coefficient (Wildman–Crippen LogP) is 1.85. The summed E-state index contributed by atoms with van der Waals surface area (Å²) in [5.74, 6) is 5.53. The number of carbonyl (C=O) groups excluding carboxylic acids is 1. The number of aromatic nitrogens is 1. The van der Waals surface area contributed by atoms with E-state index in [4.69, 9.17) is 5.11 Å². The zero-order valence-electron chi connectivity index (χ0n) is 11.5. The highest BCUT2D eigenvalue weighted by molar-refractivity contribution is 7.09. The van der Waals surface area contributed by atoms with E-state index >= 15 is 0 Å². The number of nitrogens with one attached hydrogen (secondary N) is 1. The van der Waals surface area contributed by atoms with Crippen LogP contribution in [0.15, 0.2) is 36.0 Å². The second-order valence-corrected chi connectivity index (χ2v) is 5.36. The zero-order chi connectivity index (χ0) is 14.9. The van der Waals surface area contributed by atoms with Crippen LogP contribution in [0, 0.1) is 11.8 Å². The highest BCUT2D eigenvalue weighted by Crippen LogP contribution is 2.08. The van der Waals surface area contributed by atoms with Crippen LogP contribution in [-0.2, 0) is 6.42 Å². The van der Waals surface area contributed by atoms with Gasteiger partial charge in [0, 0.05) is 35.8 Å². The molecule has 0 atom stereocenters. The second-order valence-electron chi connectivity index (χ2n) is 4.32. The van der Waals surface area contributed by atoms with Crippen molar-refractivity contribution in [2.24, 2.45) is 0 Å². The topological polar surface area (TPSA) is 62.2 Å². The minimum absolute atomic E-state index is 0.0311. The van der Waals surface area contributed by atoms with Gasteiger partial charge in [-0.1, -0.05) is 17.9 Å². The average molecular weight is 300 g/mol. The van der Waals surface area contributed by atoms with E-state index in [0.29, 0.717) is 24.1 Å². The molecule has 0 saturated heterocycles. The van der Waals surface area contributed by atoms with Gasteiger partial charge in [0.05, 0.1) is 12.2 Å². The fourth-order valence-corrected chi connectivity index (χ4v) is 2.42. The van der Waals surface area contributed by atoms with E-state index in [9.17, 15) is 4.79 Å². The third-order valence-corrected chi connectivity index (χ3v) is 3.64. The molecule has 5 heteroatoms. The van der Waals surface area contributed by atoms with Crippen LogP contribution in [0.3, 0.4) is 0 Å². The smallest absolute Gasteiger partial charge is 0.252 e. The summed E-state index contributed by atoms with van der Waals surface area (Å²) in [5.41, 5.74) is 1.17. The molecule has 0 saturated carbocycles. The molecular weight excluding hydrogens is 284 g/mol. The number of aliphatic hydroxyl groups excluding tert-OH is 1. The molecule has 1 amide bonds. The number of nitrogens with zero attached hydrogens (tertiary/aromatic N) is 1. The van der Waals surface area contributed by atoms with Crippen LogP contribution in [-0.4, -0.2) is 29.1 Å². The summed E-state index contributed by atoms with van der Waals surface area (Å²) in [5, 5.41) is 13.6. The Morgan fingerprint density at radius 2 is 2.33 bits per heavy atom. The number of hydrogen-bond donors (Lipinski definition) is 2. The third-order valence-electron chi connectivity index (χ3n) is 2.71. The van der Waals surface area contributed by atoms with Crippen molar-refractivity contribution >= 4 is 17.2 Å². The second kappa shape index (κ2) is 8.20. The van der Waals surface area contributed by atoms with Crippen molar-refractivity contribution in [3.8, 4) is 11.8 Å². The van der Waals surface area contributed by atoms with E-state index in [1.165, 1.54) is 11.1 Å². The summed E-state index contributed by atoms with van der Waals surface area (Å²) < 4.78 is 0. The lowest BCUT2D eigenvalue weighted by Crippen LogP contribution is -2.25. The molecule has 21 heavy (non-hydrogen) atoms. The number of pyridine rings is 1. The van der Waals surface area contributed by atoms with Crippen molar-refractivity contribution in [3.05, 3.63) is 52.0 Å². The van der Waals surface area contributed by atoms with Crippen LogP contribution >= 0.6 is 11.3 Å². The van der Waals surface area contributed by atoms with Crippen molar-refractivity contribution < 1.29 is 9.90 Å². The summed E-state index contributed by atoms with van der Waals surface area (Å²) in [6.45, 7) is 0.628. The number of carbonyl (C=O) groups is 1. The molecular formula is C16H16N2O2S.